The zero-order chi connectivity index (χ0) is 20.9. The topological polar surface area (TPSA) is 108 Å². The molecule has 0 heterocycles. The van der Waals surface area contributed by atoms with Crippen molar-refractivity contribution in [1.29, 1.82) is 5.26 Å². The zero-order valence-corrected chi connectivity index (χ0v) is 16.2. The van der Waals surface area contributed by atoms with Gasteiger partial charge in [-0.15, -0.1) is 0 Å². The summed E-state index contributed by atoms with van der Waals surface area (Å²) in [5.74, 6) is -0.146. The van der Waals surface area contributed by atoms with Crippen LogP contribution in [0.1, 0.15) is 15.9 Å². The number of methoxy groups -OCH3 is 1. The lowest BCUT2D eigenvalue weighted by atomic mass is 10.1. The number of nitrogens with one attached hydrogen (secondary N) is 2. The molecule has 0 unspecified atom stereocenters. The number of hydrogen-bond donors (Lipinski definition) is 2. The Labute approximate surface area is 168 Å². The fourth-order valence-corrected chi connectivity index (χ4v) is 3.70. The van der Waals surface area contributed by atoms with Crippen molar-refractivity contribution in [2.45, 2.75) is 4.90 Å². The van der Waals surface area contributed by atoms with Gasteiger partial charge in [0.15, 0.2) is 0 Å². The maximum atomic E-state index is 12.7. The Balaban J connectivity index is 1.91. The Morgan fingerprint density at radius 1 is 1.00 bits per heavy atom. The first-order chi connectivity index (χ1) is 13.9. The molecule has 0 fully saturated rings. The third kappa shape index (κ3) is 4.72. The van der Waals surface area contributed by atoms with Gasteiger partial charge in [0.05, 0.1) is 29.3 Å². The van der Waals surface area contributed by atoms with Crippen molar-refractivity contribution in [2.75, 3.05) is 17.1 Å². The Morgan fingerprint density at radius 3 is 2.45 bits per heavy atom. The minimum atomic E-state index is -3.99. The number of anilines is 2. The van der Waals surface area contributed by atoms with Crippen LogP contribution in [0, 0.1) is 11.3 Å². The summed E-state index contributed by atoms with van der Waals surface area (Å²) in [7, 11) is -2.60. The van der Waals surface area contributed by atoms with Crippen LogP contribution < -0.4 is 14.8 Å². The summed E-state index contributed by atoms with van der Waals surface area (Å²) in [4.78, 5) is 12.4. The smallest absolute Gasteiger partial charge is 0.262 e. The first-order valence-corrected chi connectivity index (χ1v) is 9.98. The van der Waals surface area contributed by atoms with Crippen LogP contribution in [-0.2, 0) is 10.0 Å². The second-order valence-corrected chi connectivity index (χ2v) is 7.66. The van der Waals surface area contributed by atoms with Crippen LogP contribution in [0.15, 0.2) is 77.7 Å². The van der Waals surface area contributed by atoms with Crippen LogP contribution in [0.2, 0.25) is 0 Å². The number of nitriles is 1. The average molecular weight is 407 g/mol. The fourth-order valence-electron chi connectivity index (χ4n) is 2.59. The largest absolute Gasteiger partial charge is 0.495 e. The molecule has 2 N–H and O–H groups in total. The average Bonchev–Trinajstić information content (AvgIpc) is 2.74. The summed E-state index contributed by atoms with van der Waals surface area (Å²) in [6.07, 6.45) is 0. The normalized spacial score (nSPS) is 10.6. The predicted octanol–water partition coefficient (Wildman–Crippen LogP) is 3.62. The van der Waals surface area contributed by atoms with Crippen molar-refractivity contribution >= 4 is 27.3 Å². The molecule has 3 aromatic rings. The van der Waals surface area contributed by atoms with Gasteiger partial charge in [0.2, 0.25) is 0 Å². The molecule has 29 heavy (non-hydrogen) atoms. The Bertz CT molecular complexity index is 1190. The number of sulfonamides is 1. The van der Waals surface area contributed by atoms with Crippen molar-refractivity contribution in [2.24, 2.45) is 0 Å². The molecular weight excluding hydrogens is 390 g/mol. The molecule has 0 bridgehead atoms. The number of carbonyl (C=O) groups excluding carboxylic acids is 1. The Kier molecular flexibility index (Phi) is 5.81. The molecule has 0 aliphatic carbocycles. The third-order valence-electron chi connectivity index (χ3n) is 4.01. The molecule has 0 atom stereocenters. The van der Waals surface area contributed by atoms with Crippen molar-refractivity contribution in [3.8, 4) is 11.8 Å². The molecule has 146 valence electrons. The molecular formula is C21H17N3O4S. The molecule has 0 radical (unpaired) electrons. The quantitative estimate of drug-likeness (QED) is 0.649. The van der Waals surface area contributed by atoms with E-state index in [1.165, 1.54) is 49.6 Å². The van der Waals surface area contributed by atoms with Gasteiger partial charge < -0.3 is 10.1 Å². The van der Waals surface area contributed by atoms with Gasteiger partial charge in [-0.1, -0.05) is 24.3 Å². The summed E-state index contributed by atoms with van der Waals surface area (Å²) in [5, 5.41) is 11.7. The van der Waals surface area contributed by atoms with Crippen molar-refractivity contribution < 1.29 is 17.9 Å². The van der Waals surface area contributed by atoms with E-state index in [4.69, 9.17) is 10.00 Å². The molecule has 8 heteroatoms. The highest BCUT2D eigenvalue weighted by atomic mass is 32.2. The molecule has 0 aromatic heterocycles. The van der Waals surface area contributed by atoms with Gasteiger partial charge in [-0.05, 0) is 48.5 Å². The molecule has 0 aliphatic rings. The monoisotopic (exact) mass is 407 g/mol. The van der Waals surface area contributed by atoms with Gasteiger partial charge in [-0.25, -0.2) is 8.42 Å². The second kappa shape index (κ2) is 8.46. The molecule has 3 aromatic carbocycles. The number of carbonyl (C=O) groups is 1. The number of benzene rings is 3. The van der Waals surface area contributed by atoms with Gasteiger partial charge in [0.25, 0.3) is 15.9 Å². The predicted molar refractivity (Wildman–Crippen MR) is 109 cm³/mol. The first kappa shape index (κ1) is 19.9. The summed E-state index contributed by atoms with van der Waals surface area (Å²) in [6, 6.07) is 20.9. The summed E-state index contributed by atoms with van der Waals surface area (Å²) < 4.78 is 33.1. The molecule has 0 spiro atoms. The number of ether oxygens (including phenoxy) is 1. The van der Waals surface area contributed by atoms with Crippen LogP contribution in [0.4, 0.5) is 11.4 Å². The van der Waals surface area contributed by atoms with Gasteiger partial charge in [0.1, 0.15) is 5.75 Å². The highest BCUT2D eigenvalue weighted by Crippen LogP contribution is 2.28. The molecule has 7 nitrogen and oxygen atoms in total. The van der Waals surface area contributed by atoms with Gasteiger partial charge in [-0.2, -0.15) is 5.26 Å². The lowest BCUT2D eigenvalue weighted by molar-refractivity contribution is 0.102. The third-order valence-corrected chi connectivity index (χ3v) is 5.37. The van der Waals surface area contributed by atoms with Crippen molar-refractivity contribution in [3.05, 3.63) is 83.9 Å². The number of para-hydroxylation sites is 1. The minimum absolute atomic E-state index is 0.0715. The summed E-state index contributed by atoms with van der Waals surface area (Å²) in [5.41, 5.74) is 1.19. The molecule has 1 amide bonds. The number of hydrogen-bond acceptors (Lipinski definition) is 5. The van der Waals surface area contributed by atoms with E-state index in [0.717, 1.165) is 0 Å². The van der Waals surface area contributed by atoms with Crippen LogP contribution >= 0.6 is 0 Å². The fraction of sp³-hybridized carbons (Fsp3) is 0.0476. The van der Waals surface area contributed by atoms with E-state index in [9.17, 15) is 13.2 Å². The number of rotatable bonds is 6. The first-order valence-electron chi connectivity index (χ1n) is 8.50. The highest BCUT2D eigenvalue weighted by Gasteiger charge is 2.19. The number of nitrogens with zero attached hydrogens (tertiary/aromatic N) is 1. The Morgan fingerprint density at radius 2 is 1.76 bits per heavy atom. The molecule has 0 aliphatic heterocycles. The van der Waals surface area contributed by atoms with E-state index < -0.39 is 15.9 Å². The lowest BCUT2D eigenvalue weighted by Crippen LogP contribution is -2.16. The van der Waals surface area contributed by atoms with E-state index in [0.29, 0.717) is 5.69 Å². The van der Waals surface area contributed by atoms with Crippen LogP contribution in [-0.4, -0.2) is 21.4 Å². The molecule has 0 saturated carbocycles. The Hall–Kier alpha value is -3.83. The summed E-state index contributed by atoms with van der Waals surface area (Å²) >= 11 is 0. The van der Waals surface area contributed by atoms with Crippen molar-refractivity contribution in [3.63, 3.8) is 0 Å². The van der Waals surface area contributed by atoms with E-state index in [1.54, 1.807) is 24.3 Å². The van der Waals surface area contributed by atoms with E-state index in [1.807, 2.05) is 12.1 Å². The molecule has 0 saturated heterocycles. The standard InChI is InChI=1S/C21H17N3O4S/c1-28-20-11-10-16(21(25)23-17-7-3-2-4-8-17)13-19(20)24-29(26,27)18-9-5-6-15(12-18)14-22/h2-13,24H,1H3,(H,23,25). The maximum Gasteiger partial charge on any atom is 0.262 e. The van der Waals surface area contributed by atoms with Gasteiger partial charge >= 0.3 is 0 Å². The second-order valence-electron chi connectivity index (χ2n) is 5.98. The van der Waals surface area contributed by atoms with E-state index >= 15 is 0 Å². The SMILES string of the molecule is COc1ccc(C(=O)Nc2ccccc2)cc1NS(=O)(=O)c1cccc(C#N)c1. The maximum absolute atomic E-state index is 12.7. The van der Waals surface area contributed by atoms with Gasteiger partial charge in [-0.3, -0.25) is 9.52 Å². The van der Waals surface area contributed by atoms with Crippen LogP contribution in [0.3, 0.4) is 0 Å². The van der Waals surface area contributed by atoms with Gasteiger partial charge in [0, 0.05) is 11.3 Å². The molecule has 3 rings (SSSR count). The highest BCUT2D eigenvalue weighted by molar-refractivity contribution is 7.92. The minimum Gasteiger partial charge on any atom is -0.495 e. The van der Waals surface area contributed by atoms with Crippen LogP contribution in [0.25, 0.3) is 0 Å². The lowest BCUT2D eigenvalue weighted by Gasteiger charge is -2.14. The van der Waals surface area contributed by atoms with Crippen molar-refractivity contribution in [1.82, 2.24) is 0 Å². The van der Waals surface area contributed by atoms with E-state index in [2.05, 4.69) is 10.0 Å². The number of amides is 1. The van der Waals surface area contributed by atoms with E-state index in [-0.39, 0.29) is 27.5 Å². The van der Waals surface area contributed by atoms with Crippen LogP contribution in [0.5, 0.6) is 5.75 Å². The zero-order valence-electron chi connectivity index (χ0n) is 15.4. The summed E-state index contributed by atoms with van der Waals surface area (Å²) in [6.45, 7) is 0.